The molecule has 0 aliphatic rings. The van der Waals surface area contributed by atoms with Gasteiger partial charge in [-0.3, -0.25) is 0 Å². The summed E-state index contributed by atoms with van der Waals surface area (Å²) in [4.78, 5) is 1.09. The molecule has 4 heteroatoms. The molecule has 1 aromatic heterocycles. The average Bonchev–Trinajstić information content (AvgIpc) is 2.56. The number of alkyl halides is 1. The van der Waals surface area contributed by atoms with Crippen molar-refractivity contribution in [3.63, 3.8) is 0 Å². The van der Waals surface area contributed by atoms with Gasteiger partial charge in [-0.25, -0.2) is 0 Å². The molecule has 1 aromatic carbocycles. The number of thiophene rings is 1. The number of hydrogen-bond donors (Lipinski definition) is 1. The van der Waals surface area contributed by atoms with Crippen LogP contribution >= 0.6 is 45.5 Å². The Bertz CT molecular complexity index is 413. The van der Waals surface area contributed by atoms with Gasteiger partial charge in [0.2, 0.25) is 0 Å². The number of rotatable bonds is 1. The summed E-state index contributed by atoms with van der Waals surface area (Å²) >= 11 is 9.63. The molecule has 0 unspecified atom stereocenters. The first kappa shape index (κ1) is 9.55. The monoisotopic (exact) mass is 324 g/mol. The lowest BCUT2D eigenvalue weighted by Crippen LogP contribution is -1.70. The smallest absolute Gasteiger partial charge is 0.124 e. The van der Waals surface area contributed by atoms with Gasteiger partial charge in [0.05, 0.1) is 10.6 Å². The quantitative estimate of drug-likeness (QED) is 0.622. The molecule has 1 nitrogen and oxygen atoms in total. The second-order valence-corrected chi connectivity index (χ2v) is 5.22. The van der Waals surface area contributed by atoms with Crippen molar-refractivity contribution in [2.75, 3.05) is 0 Å². The number of halogens is 2. The van der Waals surface area contributed by atoms with E-state index in [1.807, 2.05) is 12.1 Å². The number of hydrogen-bond acceptors (Lipinski definition) is 2. The van der Waals surface area contributed by atoms with Gasteiger partial charge in [0.1, 0.15) is 5.75 Å². The zero-order valence-corrected chi connectivity index (χ0v) is 10.3. The minimum absolute atomic E-state index is 0.336. The van der Waals surface area contributed by atoms with Gasteiger partial charge in [0.25, 0.3) is 0 Å². The van der Waals surface area contributed by atoms with Gasteiger partial charge in [-0.15, -0.1) is 22.9 Å². The zero-order chi connectivity index (χ0) is 9.42. The lowest BCUT2D eigenvalue weighted by molar-refractivity contribution is 0.481. The molecule has 0 atom stereocenters. The van der Waals surface area contributed by atoms with Crippen LogP contribution < -0.4 is 0 Å². The Morgan fingerprint density at radius 1 is 1.46 bits per heavy atom. The fraction of sp³-hybridized carbons (Fsp3) is 0.111. The molecule has 0 amide bonds. The van der Waals surface area contributed by atoms with Crippen LogP contribution in [0.25, 0.3) is 10.1 Å². The topological polar surface area (TPSA) is 20.2 Å². The fourth-order valence-electron chi connectivity index (χ4n) is 1.19. The first-order valence-electron chi connectivity index (χ1n) is 3.68. The van der Waals surface area contributed by atoms with Gasteiger partial charge >= 0.3 is 0 Å². The van der Waals surface area contributed by atoms with Gasteiger partial charge in [-0.05, 0) is 40.8 Å². The predicted octanol–water partition coefficient (Wildman–Crippen LogP) is 3.95. The molecule has 68 valence electrons. The van der Waals surface area contributed by atoms with Gasteiger partial charge < -0.3 is 5.11 Å². The van der Waals surface area contributed by atoms with Crippen molar-refractivity contribution < 1.29 is 5.11 Å². The van der Waals surface area contributed by atoms with E-state index in [0.717, 1.165) is 18.5 Å². The highest BCUT2D eigenvalue weighted by Gasteiger charge is 2.07. The summed E-state index contributed by atoms with van der Waals surface area (Å²) in [5.74, 6) is 0.845. The van der Waals surface area contributed by atoms with E-state index < -0.39 is 0 Å². The van der Waals surface area contributed by atoms with Crippen LogP contribution in [0.3, 0.4) is 0 Å². The second kappa shape index (κ2) is 3.63. The third-order valence-electron chi connectivity index (χ3n) is 1.80. The Hall–Kier alpha value is -0.000000000000000111. The molecule has 0 fully saturated rings. The Morgan fingerprint density at radius 2 is 2.23 bits per heavy atom. The second-order valence-electron chi connectivity index (χ2n) is 2.66. The van der Waals surface area contributed by atoms with E-state index in [1.165, 1.54) is 0 Å². The summed E-state index contributed by atoms with van der Waals surface area (Å²) in [6.45, 7) is 0. The Balaban J connectivity index is 2.80. The van der Waals surface area contributed by atoms with Gasteiger partial charge in [-0.2, -0.15) is 0 Å². The highest BCUT2D eigenvalue weighted by molar-refractivity contribution is 14.1. The molecule has 0 saturated carbocycles. The van der Waals surface area contributed by atoms with Crippen molar-refractivity contribution in [3.8, 4) is 5.75 Å². The summed E-state index contributed by atoms with van der Waals surface area (Å²) in [5.41, 5.74) is 0. The van der Waals surface area contributed by atoms with Crippen LogP contribution in [0.15, 0.2) is 18.2 Å². The first-order chi connectivity index (χ1) is 6.22. The van der Waals surface area contributed by atoms with Crippen LogP contribution in [-0.4, -0.2) is 5.11 Å². The number of phenolic OH excluding ortho intramolecular Hbond substituents is 1. The highest BCUT2D eigenvalue weighted by Crippen LogP contribution is 2.35. The molecule has 2 aromatic rings. The minimum Gasteiger partial charge on any atom is -0.507 e. The van der Waals surface area contributed by atoms with E-state index in [9.17, 15) is 5.11 Å². The maximum atomic E-state index is 9.56. The molecule has 0 bridgehead atoms. The SMILES string of the molecule is Oc1ccc(I)c2sc(CCl)cc12. The molecule has 2 rings (SSSR count). The number of fused-ring (bicyclic) bond motifs is 1. The van der Waals surface area contributed by atoms with Crippen molar-refractivity contribution in [1.82, 2.24) is 0 Å². The Labute approximate surface area is 98.5 Å². The lowest BCUT2D eigenvalue weighted by Gasteiger charge is -1.95. The van der Waals surface area contributed by atoms with Crippen molar-refractivity contribution in [2.24, 2.45) is 0 Å². The zero-order valence-electron chi connectivity index (χ0n) is 6.55. The molecule has 13 heavy (non-hydrogen) atoms. The fourth-order valence-corrected chi connectivity index (χ4v) is 3.17. The lowest BCUT2D eigenvalue weighted by atomic mass is 10.2. The van der Waals surface area contributed by atoms with E-state index in [0.29, 0.717) is 11.6 Å². The maximum Gasteiger partial charge on any atom is 0.124 e. The number of benzene rings is 1. The normalized spacial score (nSPS) is 10.9. The van der Waals surface area contributed by atoms with Crippen molar-refractivity contribution in [2.45, 2.75) is 5.88 Å². The van der Waals surface area contributed by atoms with Gasteiger partial charge in [0, 0.05) is 13.8 Å². The van der Waals surface area contributed by atoms with Crippen LogP contribution in [0.5, 0.6) is 5.75 Å². The van der Waals surface area contributed by atoms with E-state index in [4.69, 9.17) is 11.6 Å². The first-order valence-corrected chi connectivity index (χ1v) is 6.11. The number of aromatic hydroxyl groups is 1. The Kier molecular flexibility index (Phi) is 2.67. The van der Waals surface area contributed by atoms with Crippen LogP contribution in [0.1, 0.15) is 4.88 Å². The highest BCUT2D eigenvalue weighted by atomic mass is 127. The largest absolute Gasteiger partial charge is 0.507 e. The summed E-state index contributed by atoms with van der Waals surface area (Å²) < 4.78 is 2.28. The molecule has 0 aliphatic carbocycles. The molecule has 0 spiro atoms. The predicted molar refractivity (Wildman–Crippen MR) is 65.8 cm³/mol. The van der Waals surface area contributed by atoms with E-state index >= 15 is 0 Å². The molecular weight excluding hydrogens is 319 g/mol. The molecule has 0 radical (unpaired) electrons. The van der Waals surface area contributed by atoms with Crippen LogP contribution in [0.4, 0.5) is 0 Å². The van der Waals surface area contributed by atoms with Crippen molar-refractivity contribution in [1.29, 1.82) is 0 Å². The van der Waals surface area contributed by atoms with Crippen LogP contribution in [0.2, 0.25) is 0 Å². The summed E-state index contributed by atoms with van der Waals surface area (Å²) in [7, 11) is 0. The van der Waals surface area contributed by atoms with Crippen molar-refractivity contribution in [3.05, 3.63) is 26.6 Å². The third-order valence-corrected chi connectivity index (χ3v) is 4.67. The summed E-state index contributed by atoms with van der Waals surface area (Å²) in [6, 6.07) is 5.58. The Morgan fingerprint density at radius 3 is 2.85 bits per heavy atom. The molecule has 1 heterocycles. The average molecular weight is 325 g/mol. The molecule has 1 N–H and O–H groups in total. The number of phenols is 1. The molecule has 0 aliphatic heterocycles. The van der Waals surface area contributed by atoms with Crippen molar-refractivity contribution >= 4 is 55.6 Å². The maximum absolute atomic E-state index is 9.56. The van der Waals surface area contributed by atoms with E-state index in [2.05, 4.69) is 22.6 Å². The van der Waals surface area contributed by atoms with E-state index in [-0.39, 0.29) is 0 Å². The van der Waals surface area contributed by atoms with Gasteiger partial charge in [-0.1, -0.05) is 0 Å². The van der Waals surface area contributed by atoms with Crippen LogP contribution in [-0.2, 0) is 5.88 Å². The summed E-state index contributed by atoms with van der Waals surface area (Å²) in [5, 5.41) is 10.5. The standard InChI is InChI=1S/C9H6ClIOS/c10-4-5-3-6-8(12)2-1-7(11)9(6)13-5/h1-3,12H,4H2. The summed E-state index contributed by atoms with van der Waals surface area (Å²) in [6.07, 6.45) is 0. The van der Waals surface area contributed by atoms with E-state index in [1.54, 1.807) is 17.4 Å². The van der Waals surface area contributed by atoms with Gasteiger partial charge in [0.15, 0.2) is 0 Å². The third kappa shape index (κ3) is 1.65. The molecule has 0 saturated heterocycles. The molecular formula is C9H6ClIOS. The minimum atomic E-state index is 0.336. The van der Waals surface area contributed by atoms with Crippen LogP contribution in [0, 0.1) is 3.57 Å².